The summed E-state index contributed by atoms with van der Waals surface area (Å²) in [5.41, 5.74) is 4.19. The second-order valence-electron chi connectivity index (χ2n) is 7.58. The van der Waals surface area contributed by atoms with E-state index in [4.69, 9.17) is 4.74 Å². The van der Waals surface area contributed by atoms with Crippen LogP contribution >= 0.6 is 15.9 Å². The van der Waals surface area contributed by atoms with Gasteiger partial charge in [0.25, 0.3) is 11.8 Å². The van der Waals surface area contributed by atoms with Crippen LogP contribution in [0.4, 0.5) is 5.69 Å². The third-order valence-corrected chi connectivity index (χ3v) is 6.18. The number of hydrogen-bond donors (Lipinski definition) is 1. The van der Waals surface area contributed by atoms with E-state index in [0.29, 0.717) is 17.7 Å². The topological polar surface area (TPSA) is 58.6 Å². The van der Waals surface area contributed by atoms with E-state index in [0.717, 1.165) is 33.5 Å². The van der Waals surface area contributed by atoms with Crippen LogP contribution in [0.5, 0.6) is 5.75 Å². The maximum atomic E-state index is 13.2. The number of benzene rings is 3. The number of halogens is 1. The number of hydrogen-bond acceptors (Lipinski definition) is 3. The summed E-state index contributed by atoms with van der Waals surface area (Å²) in [4.78, 5) is 27.6. The van der Waals surface area contributed by atoms with E-state index in [1.54, 1.807) is 37.4 Å². The third kappa shape index (κ3) is 4.35. The second kappa shape index (κ2) is 8.94. The normalized spacial score (nSPS) is 14.8. The molecule has 0 bridgehead atoms. The number of nitrogens with zero attached hydrogens (tertiary/aromatic N) is 1. The van der Waals surface area contributed by atoms with Gasteiger partial charge in [-0.3, -0.25) is 9.59 Å². The molecule has 158 valence electrons. The van der Waals surface area contributed by atoms with Crippen molar-refractivity contribution in [1.82, 2.24) is 5.32 Å². The molecule has 3 aromatic carbocycles. The molecule has 0 fully saturated rings. The van der Waals surface area contributed by atoms with Gasteiger partial charge in [0.05, 0.1) is 12.7 Å². The summed E-state index contributed by atoms with van der Waals surface area (Å²) >= 11 is 3.41. The molecule has 6 heteroatoms. The fraction of sp³-hybridized carbons (Fsp3) is 0.200. The van der Waals surface area contributed by atoms with Gasteiger partial charge in [0, 0.05) is 28.3 Å². The Hall–Kier alpha value is -3.12. The lowest BCUT2D eigenvalue weighted by molar-refractivity contribution is 0.0947. The Morgan fingerprint density at radius 3 is 2.55 bits per heavy atom. The molecule has 1 atom stereocenters. The first-order valence-electron chi connectivity index (χ1n) is 10.1. The van der Waals surface area contributed by atoms with Crippen LogP contribution in [0, 0.1) is 0 Å². The number of anilines is 1. The van der Waals surface area contributed by atoms with Crippen LogP contribution in [-0.2, 0) is 13.0 Å². The minimum absolute atomic E-state index is 0.0386. The van der Waals surface area contributed by atoms with Crippen molar-refractivity contribution in [1.29, 1.82) is 0 Å². The summed E-state index contributed by atoms with van der Waals surface area (Å²) in [5, 5.41) is 2.96. The van der Waals surface area contributed by atoms with E-state index in [9.17, 15) is 9.59 Å². The van der Waals surface area contributed by atoms with Crippen molar-refractivity contribution >= 4 is 33.4 Å². The molecule has 0 aromatic heterocycles. The summed E-state index contributed by atoms with van der Waals surface area (Å²) in [6.07, 6.45) is 0.806. The standard InChI is InChI=1S/C25H23BrN2O3/c1-16-13-19-8-7-17(15-27-24(29)21-5-3-4-6-22(21)26)14-23(19)28(16)25(30)18-9-11-20(31-2)12-10-18/h3-12,14,16H,13,15H2,1-2H3,(H,27,29). The molecule has 0 radical (unpaired) electrons. The predicted octanol–water partition coefficient (Wildman–Crippen LogP) is 4.98. The lowest BCUT2D eigenvalue weighted by Gasteiger charge is -2.23. The number of carbonyl (C=O) groups excluding carboxylic acids is 2. The zero-order chi connectivity index (χ0) is 22.0. The summed E-state index contributed by atoms with van der Waals surface area (Å²) in [5.74, 6) is 0.533. The molecule has 31 heavy (non-hydrogen) atoms. The van der Waals surface area contributed by atoms with Gasteiger partial charge in [-0.25, -0.2) is 0 Å². The SMILES string of the molecule is COc1ccc(C(=O)N2c3cc(CNC(=O)c4ccccc4Br)ccc3CC2C)cc1. The summed E-state index contributed by atoms with van der Waals surface area (Å²) < 4.78 is 5.95. The highest BCUT2D eigenvalue weighted by Gasteiger charge is 2.31. The average molecular weight is 479 g/mol. The van der Waals surface area contributed by atoms with Gasteiger partial charge in [-0.05, 0) is 82.9 Å². The van der Waals surface area contributed by atoms with E-state index in [-0.39, 0.29) is 17.9 Å². The molecule has 1 heterocycles. The van der Waals surface area contributed by atoms with Crippen molar-refractivity contribution in [3.8, 4) is 5.75 Å². The van der Waals surface area contributed by atoms with Crippen molar-refractivity contribution in [2.24, 2.45) is 0 Å². The van der Waals surface area contributed by atoms with Gasteiger partial charge in [0.15, 0.2) is 0 Å². The average Bonchev–Trinajstić information content (AvgIpc) is 3.12. The molecule has 0 spiro atoms. The molecule has 0 saturated carbocycles. The monoisotopic (exact) mass is 478 g/mol. The minimum Gasteiger partial charge on any atom is -0.497 e. The van der Waals surface area contributed by atoms with Crippen molar-refractivity contribution in [2.75, 3.05) is 12.0 Å². The van der Waals surface area contributed by atoms with Crippen molar-refractivity contribution < 1.29 is 14.3 Å². The molecule has 3 aromatic rings. The van der Waals surface area contributed by atoms with Crippen molar-refractivity contribution in [3.05, 3.63) is 93.5 Å². The van der Waals surface area contributed by atoms with Gasteiger partial charge in [0.2, 0.25) is 0 Å². The van der Waals surface area contributed by atoms with E-state index in [1.165, 1.54) is 0 Å². The highest BCUT2D eigenvalue weighted by atomic mass is 79.9. The zero-order valence-corrected chi connectivity index (χ0v) is 19.0. The van der Waals surface area contributed by atoms with Crippen LogP contribution in [0.2, 0.25) is 0 Å². The summed E-state index contributed by atoms with van der Waals surface area (Å²) in [6.45, 7) is 2.43. The van der Waals surface area contributed by atoms with Gasteiger partial charge >= 0.3 is 0 Å². The first kappa shape index (κ1) is 21.1. The summed E-state index contributed by atoms with van der Waals surface area (Å²) in [6, 6.07) is 20.6. The Morgan fingerprint density at radius 2 is 1.84 bits per heavy atom. The quantitative estimate of drug-likeness (QED) is 0.562. The zero-order valence-electron chi connectivity index (χ0n) is 17.4. The fourth-order valence-electron chi connectivity index (χ4n) is 3.87. The van der Waals surface area contributed by atoms with Gasteiger partial charge in [-0.15, -0.1) is 0 Å². The first-order chi connectivity index (χ1) is 15.0. The van der Waals surface area contributed by atoms with Gasteiger partial charge in [-0.1, -0.05) is 24.3 Å². The number of ether oxygens (including phenoxy) is 1. The maximum absolute atomic E-state index is 13.2. The Kier molecular flexibility index (Phi) is 6.09. The smallest absolute Gasteiger partial charge is 0.258 e. The van der Waals surface area contributed by atoms with Crippen LogP contribution in [0.3, 0.4) is 0 Å². The third-order valence-electron chi connectivity index (χ3n) is 5.49. The second-order valence-corrected chi connectivity index (χ2v) is 8.44. The maximum Gasteiger partial charge on any atom is 0.258 e. The van der Waals surface area contributed by atoms with E-state index >= 15 is 0 Å². The van der Waals surface area contributed by atoms with E-state index in [1.807, 2.05) is 41.3 Å². The number of methoxy groups -OCH3 is 1. The number of rotatable bonds is 5. The van der Waals surface area contributed by atoms with Crippen molar-refractivity contribution in [3.63, 3.8) is 0 Å². The molecule has 1 aliphatic rings. The fourth-order valence-corrected chi connectivity index (χ4v) is 4.33. The van der Waals surface area contributed by atoms with Gasteiger partial charge < -0.3 is 15.0 Å². The van der Waals surface area contributed by atoms with Crippen LogP contribution in [0.15, 0.2) is 71.2 Å². The molecule has 4 rings (SSSR count). The molecule has 5 nitrogen and oxygen atoms in total. The van der Waals surface area contributed by atoms with Crippen molar-refractivity contribution in [2.45, 2.75) is 25.9 Å². The number of amides is 2. The van der Waals surface area contributed by atoms with E-state index in [2.05, 4.69) is 28.2 Å². The Balaban J connectivity index is 1.53. The van der Waals surface area contributed by atoms with Crippen LogP contribution in [0.25, 0.3) is 0 Å². The van der Waals surface area contributed by atoms with Gasteiger partial charge in [0.1, 0.15) is 5.75 Å². The van der Waals surface area contributed by atoms with Crippen LogP contribution in [0.1, 0.15) is 38.8 Å². The van der Waals surface area contributed by atoms with Gasteiger partial charge in [-0.2, -0.15) is 0 Å². The number of carbonyl (C=O) groups is 2. The Labute approximate surface area is 190 Å². The molecular formula is C25H23BrN2O3. The lowest BCUT2D eigenvalue weighted by Crippen LogP contribution is -2.35. The predicted molar refractivity (Wildman–Crippen MR) is 125 cm³/mol. The molecule has 0 aliphatic carbocycles. The molecule has 1 N–H and O–H groups in total. The lowest BCUT2D eigenvalue weighted by atomic mass is 10.1. The van der Waals surface area contributed by atoms with E-state index < -0.39 is 0 Å². The van der Waals surface area contributed by atoms with Crippen LogP contribution in [-0.4, -0.2) is 25.0 Å². The highest BCUT2D eigenvalue weighted by molar-refractivity contribution is 9.10. The molecular weight excluding hydrogens is 456 g/mol. The molecule has 0 saturated heterocycles. The first-order valence-corrected chi connectivity index (χ1v) is 10.9. The Bertz CT molecular complexity index is 1130. The Morgan fingerprint density at radius 1 is 1.10 bits per heavy atom. The number of nitrogens with one attached hydrogen (secondary N) is 1. The highest BCUT2D eigenvalue weighted by Crippen LogP contribution is 2.34. The molecule has 1 aliphatic heterocycles. The summed E-state index contributed by atoms with van der Waals surface area (Å²) in [7, 11) is 1.60. The molecule has 2 amide bonds. The minimum atomic E-state index is -0.146. The largest absolute Gasteiger partial charge is 0.497 e. The number of fused-ring (bicyclic) bond motifs is 1. The molecule has 1 unspecified atom stereocenters. The van der Waals surface area contributed by atoms with Crippen LogP contribution < -0.4 is 15.0 Å².